The largest absolute Gasteiger partial charge is 0.328 e. The van der Waals surface area contributed by atoms with Crippen LogP contribution in [-0.4, -0.2) is 30.0 Å². The van der Waals surface area contributed by atoms with Gasteiger partial charge in [-0.15, -0.1) is 5.06 Å². The number of nitrogens with zero attached hydrogens (tertiary/aromatic N) is 1. The molecule has 1 heterocycles. The SMILES string of the molecule is CC.NCCON1C(=O)c2ccccc2C1=O.[CH2+]C. The summed E-state index contributed by atoms with van der Waals surface area (Å²) in [5, 5.41) is 0.761. The van der Waals surface area contributed by atoms with E-state index in [1.54, 1.807) is 31.2 Å². The predicted octanol–water partition coefficient (Wildman–Crippen LogP) is 2.04. The van der Waals surface area contributed by atoms with Gasteiger partial charge in [-0.1, -0.05) is 26.0 Å². The van der Waals surface area contributed by atoms with E-state index in [0.717, 1.165) is 5.06 Å². The van der Waals surface area contributed by atoms with Crippen LogP contribution in [0.15, 0.2) is 24.3 Å². The van der Waals surface area contributed by atoms with Crippen molar-refractivity contribution in [1.82, 2.24) is 5.06 Å². The first-order valence-corrected chi connectivity index (χ1v) is 6.27. The lowest BCUT2D eigenvalue weighted by Gasteiger charge is -2.11. The molecule has 5 heteroatoms. The topological polar surface area (TPSA) is 72.6 Å². The van der Waals surface area contributed by atoms with Gasteiger partial charge in [-0.3, -0.25) is 14.4 Å². The molecule has 0 spiro atoms. The van der Waals surface area contributed by atoms with Crippen molar-refractivity contribution < 1.29 is 14.4 Å². The second-order valence-corrected chi connectivity index (χ2v) is 3.07. The molecule has 2 amide bonds. The van der Waals surface area contributed by atoms with Crippen molar-refractivity contribution in [3.63, 3.8) is 0 Å². The lowest BCUT2D eigenvalue weighted by Crippen LogP contribution is -2.31. The van der Waals surface area contributed by atoms with Crippen molar-refractivity contribution in [2.24, 2.45) is 5.73 Å². The summed E-state index contributed by atoms with van der Waals surface area (Å²) in [5.74, 6) is -0.854. The maximum atomic E-state index is 11.7. The lowest BCUT2D eigenvalue weighted by molar-refractivity contribution is -0.0882. The van der Waals surface area contributed by atoms with Gasteiger partial charge < -0.3 is 5.73 Å². The monoisotopic (exact) mass is 265 g/mol. The fraction of sp³-hybridized carbons (Fsp3) is 0.357. The Hall–Kier alpha value is -1.85. The molecule has 0 saturated heterocycles. The smallest absolute Gasteiger partial charge is 0.285 e. The van der Waals surface area contributed by atoms with Crippen molar-refractivity contribution in [2.45, 2.75) is 20.8 Å². The minimum atomic E-state index is -0.427. The number of hydrogen-bond acceptors (Lipinski definition) is 4. The molecule has 0 atom stereocenters. The van der Waals surface area contributed by atoms with Gasteiger partial charge in [-0.25, -0.2) is 0 Å². The summed E-state index contributed by atoms with van der Waals surface area (Å²) in [5.41, 5.74) is 5.98. The molecule has 5 nitrogen and oxygen atoms in total. The molecule has 0 radical (unpaired) electrons. The number of carbonyl (C=O) groups excluding carboxylic acids is 2. The maximum absolute atomic E-state index is 11.7. The second kappa shape index (κ2) is 9.13. The molecule has 2 N–H and O–H groups in total. The van der Waals surface area contributed by atoms with E-state index >= 15 is 0 Å². The van der Waals surface area contributed by atoms with Gasteiger partial charge in [0.05, 0.1) is 31.6 Å². The zero-order chi connectivity index (χ0) is 14.8. The van der Waals surface area contributed by atoms with Crippen molar-refractivity contribution in [3.8, 4) is 0 Å². The first-order chi connectivity index (χ1) is 9.25. The van der Waals surface area contributed by atoms with E-state index in [-0.39, 0.29) is 13.2 Å². The summed E-state index contributed by atoms with van der Waals surface area (Å²) in [7, 11) is 0. The van der Waals surface area contributed by atoms with E-state index in [4.69, 9.17) is 10.6 Å². The lowest BCUT2D eigenvalue weighted by atomic mass is 10.1. The minimum absolute atomic E-state index is 0.144. The third-order valence-corrected chi connectivity index (χ3v) is 2.10. The summed E-state index contributed by atoms with van der Waals surface area (Å²) in [6.07, 6.45) is 0. The van der Waals surface area contributed by atoms with Gasteiger partial charge >= 0.3 is 0 Å². The highest BCUT2D eigenvalue weighted by molar-refractivity contribution is 6.20. The standard InChI is InChI=1S/C10H10N2O3.C2H6.C2H5/c11-5-6-15-12-9(13)7-3-1-2-4-8(7)10(12)14;2*1-2/h1-4H,5-6,11H2;1-2H3;1H2,2H3/q;;+1. The third-order valence-electron chi connectivity index (χ3n) is 2.10. The van der Waals surface area contributed by atoms with Crippen LogP contribution < -0.4 is 5.73 Å². The molecular weight excluding hydrogens is 244 g/mol. The molecule has 19 heavy (non-hydrogen) atoms. The highest BCUT2D eigenvalue weighted by Crippen LogP contribution is 2.22. The number of imide groups is 1. The molecule has 1 aromatic carbocycles. The molecule has 1 aliphatic rings. The summed E-state index contributed by atoms with van der Waals surface area (Å²) in [6.45, 7) is 9.40. The Morgan fingerprint density at radius 2 is 1.53 bits per heavy atom. The number of nitrogens with two attached hydrogens (primary N) is 1. The highest BCUT2D eigenvalue weighted by atomic mass is 16.7. The van der Waals surface area contributed by atoms with Gasteiger partial charge in [0, 0.05) is 6.54 Å². The normalized spacial score (nSPS) is 12.1. The van der Waals surface area contributed by atoms with Crippen molar-refractivity contribution >= 4 is 11.8 Å². The molecule has 0 aliphatic carbocycles. The summed E-state index contributed by atoms with van der Waals surface area (Å²) in [6, 6.07) is 6.61. The van der Waals surface area contributed by atoms with Gasteiger partial charge in [-0.2, -0.15) is 0 Å². The Labute approximate surface area is 114 Å². The molecular formula is C14H21N2O3+. The number of carbonyl (C=O) groups is 2. The molecule has 1 aromatic rings. The van der Waals surface area contributed by atoms with E-state index in [1.807, 2.05) is 13.8 Å². The Morgan fingerprint density at radius 1 is 1.11 bits per heavy atom. The van der Waals surface area contributed by atoms with Crippen molar-refractivity contribution in [2.75, 3.05) is 13.2 Å². The number of amides is 2. The number of benzene rings is 1. The molecule has 0 unspecified atom stereocenters. The Kier molecular flexibility index (Phi) is 8.24. The minimum Gasteiger partial charge on any atom is -0.328 e. The van der Waals surface area contributed by atoms with Gasteiger partial charge in [0.2, 0.25) is 0 Å². The fourth-order valence-corrected chi connectivity index (χ4v) is 1.43. The van der Waals surface area contributed by atoms with Crippen molar-refractivity contribution in [1.29, 1.82) is 0 Å². The summed E-state index contributed by atoms with van der Waals surface area (Å²) in [4.78, 5) is 28.3. The van der Waals surface area contributed by atoms with Gasteiger partial charge in [0.25, 0.3) is 11.8 Å². The molecule has 2 rings (SSSR count). The highest BCUT2D eigenvalue weighted by Gasteiger charge is 2.36. The molecule has 0 saturated carbocycles. The van der Waals surface area contributed by atoms with Gasteiger partial charge in [-0.05, 0) is 12.1 Å². The number of fused-ring (bicyclic) bond motifs is 1. The number of hydrogen-bond donors (Lipinski definition) is 1. The third kappa shape index (κ3) is 3.81. The van der Waals surface area contributed by atoms with Crippen LogP contribution in [0.4, 0.5) is 0 Å². The fourth-order valence-electron chi connectivity index (χ4n) is 1.43. The van der Waals surface area contributed by atoms with Crippen LogP contribution in [0.5, 0.6) is 0 Å². The van der Waals surface area contributed by atoms with Crippen molar-refractivity contribution in [3.05, 3.63) is 42.3 Å². The average molecular weight is 265 g/mol. The zero-order valence-electron chi connectivity index (χ0n) is 11.7. The van der Waals surface area contributed by atoms with Crippen LogP contribution >= 0.6 is 0 Å². The summed E-state index contributed by atoms with van der Waals surface area (Å²) < 4.78 is 0. The Bertz CT molecular complexity index is 384. The number of hydroxylamine groups is 2. The molecule has 0 fully saturated rings. The average Bonchev–Trinajstić information content (AvgIpc) is 2.74. The maximum Gasteiger partial charge on any atom is 0.285 e. The molecule has 1 aliphatic heterocycles. The zero-order valence-corrected chi connectivity index (χ0v) is 11.7. The van der Waals surface area contributed by atoms with Gasteiger partial charge in [0.1, 0.15) is 0 Å². The van der Waals surface area contributed by atoms with Crippen LogP contribution in [0, 0.1) is 6.92 Å². The first-order valence-electron chi connectivity index (χ1n) is 6.27. The van der Waals surface area contributed by atoms with E-state index in [2.05, 4.69) is 6.92 Å². The second-order valence-electron chi connectivity index (χ2n) is 3.07. The van der Waals surface area contributed by atoms with Crippen LogP contribution in [-0.2, 0) is 4.84 Å². The van der Waals surface area contributed by atoms with Crippen LogP contribution in [0.3, 0.4) is 0 Å². The van der Waals surface area contributed by atoms with E-state index in [0.29, 0.717) is 11.1 Å². The van der Waals surface area contributed by atoms with E-state index in [9.17, 15) is 9.59 Å². The molecule has 0 aromatic heterocycles. The van der Waals surface area contributed by atoms with Crippen LogP contribution in [0.1, 0.15) is 41.5 Å². The Balaban J connectivity index is 0.000000741. The Morgan fingerprint density at radius 3 is 1.89 bits per heavy atom. The summed E-state index contributed by atoms with van der Waals surface area (Å²) >= 11 is 0. The quantitative estimate of drug-likeness (QED) is 0.670. The van der Waals surface area contributed by atoms with Gasteiger partial charge in [0.15, 0.2) is 0 Å². The molecule has 104 valence electrons. The predicted molar refractivity (Wildman–Crippen MR) is 74.3 cm³/mol. The molecule has 0 bridgehead atoms. The van der Waals surface area contributed by atoms with E-state index < -0.39 is 11.8 Å². The van der Waals surface area contributed by atoms with Crippen LogP contribution in [0.2, 0.25) is 0 Å². The number of rotatable bonds is 3. The van der Waals surface area contributed by atoms with E-state index in [1.165, 1.54) is 0 Å². The van der Waals surface area contributed by atoms with Crippen LogP contribution in [0.25, 0.3) is 0 Å². The first kappa shape index (κ1) is 17.2.